The van der Waals surface area contributed by atoms with Gasteiger partial charge in [0.25, 0.3) is 11.6 Å². The Bertz CT molecular complexity index is 853. The van der Waals surface area contributed by atoms with Gasteiger partial charge < -0.3 is 9.64 Å². The number of nitrogens with zero attached hydrogens (tertiary/aromatic N) is 2. The minimum atomic E-state index is -0.597. The van der Waals surface area contributed by atoms with Gasteiger partial charge in [0.2, 0.25) is 0 Å². The van der Waals surface area contributed by atoms with Gasteiger partial charge in [-0.25, -0.2) is 4.79 Å². The number of nitro benzene ring substituents is 1. The zero-order valence-corrected chi connectivity index (χ0v) is 15.3. The molecule has 8 heteroatoms. The molecule has 0 saturated heterocycles. The van der Waals surface area contributed by atoms with E-state index in [1.54, 1.807) is 57.3 Å². The minimum absolute atomic E-state index is 0.0270. The molecule has 1 N–H and O–H groups in total. The van der Waals surface area contributed by atoms with Gasteiger partial charge >= 0.3 is 6.09 Å². The SMILES string of the molecule is CCOC(=O)Nc1cccc(C(=O)N(C)[C@H](C)c2cccc([N+](=O)[O-])c2)c1. The molecule has 0 unspecified atom stereocenters. The standard InChI is InChI=1S/C19H21N3O5/c1-4-27-19(24)20-16-9-5-8-15(11-16)18(23)21(3)13(2)14-7-6-10-17(12-14)22(25)26/h5-13H,4H2,1-3H3,(H,20,24)/t13-/m1/s1. The largest absolute Gasteiger partial charge is 0.450 e. The van der Waals surface area contributed by atoms with Crippen LogP contribution in [0.25, 0.3) is 0 Å². The van der Waals surface area contributed by atoms with Crippen LogP contribution in [0.5, 0.6) is 0 Å². The maximum atomic E-state index is 12.8. The topological polar surface area (TPSA) is 102 Å². The molecule has 0 aromatic heterocycles. The van der Waals surface area contributed by atoms with E-state index in [4.69, 9.17) is 4.74 Å². The van der Waals surface area contributed by atoms with Crippen molar-refractivity contribution in [3.63, 3.8) is 0 Å². The number of amides is 2. The molecule has 142 valence electrons. The van der Waals surface area contributed by atoms with Gasteiger partial charge in [0.1, 0.15) is 0 Å². The second-order valence-corrected chi connectivity index (χ2v) is 5.87. The van der Waals surface area contributed by atoms with E-state index in [-0.39, 0.29) is 24.2 Å². The maximum absolute atomic E-state index is 12.8. The molecule has 0 aliphatic carbocycles. The van der Waals surface area contributed by atoms with Crippen molar-refractivity contribution in [2.45, 2.75) is 19.9 Å². The van der Waals surface area contributed by atoms with Gasteiger partial charge in [0.15, 0.2) is 0 Å². The van der Waals surface area contributed by atoms with Crippen LogP contribution in [-0.4, -0.2) is 35.5 Å². The van der Waals surface area contributed by atoms with Crippen LogP contribution in [0.1, 0.15) is 35.8 Å². The van der Waals surface area contributed by atoms with Gasteiger partial charge in [0, 0.05) is 30.4 Å². The van der Waals surface area contributed by atoms with Crippen LogP contribution in [0, 0.1) is 10.1 Å². The van der Waals surface area contributed by atoms with Crippen molar-refractivity contribution in [2.75, 3.05) is 19.0 Å². The van der Waals surface area contributed by atoms with Gasteiger partial charge in [-0.3, -0.25) is 20.2 Å². The van der Waals surface area contributed by atoms with E-state index < -0.39 is 11.0 Å². The maximum Gasteiger partial charge on any atom is 0.411 e. The Kier molecular flexibility index (Phi) is 6.48. The summed E-state index contributed by atoms with van der Waals surface area (Å²) in [5.74, 6) is -0.276. The third-order valence-corrected chi connectivity index (χ3v) is 4.10. The number of non-ortho nitro benzene ring substituents is 1. The van der Waals surface area contributed by atoms with Crippen LogP contribution < -0.4 is 5.32 Å². The highest BCUT2D eigenvalue weighted by atomic mass is 16.6. The number of benzene rings is 2. The molecule has 0 spiro atoms. The second-order valence-electron chi connectivity index (χ2n) is 5.87. The first-order valence-electron chi connectivity index (χ1n) is 8.38. The van der Waals surface area contributed by atoms with Crippen LogP contribution in [-0.2, 0) is 4.74 Å². The summed E-state index contributed by atoms with van der Waals surface area (Å²) in [7, 11) is 1.62. The lowest BCUT2D eigenvalue weighted by Gasteiger charge is -2.25. The van der Waals surface area contributed by atoms with Crippen molar-refractivity contribution < 1.29 is 19.2 Å². The number of hydrogen-bond donors (Lipinski definition) is 1. The predicted molar refractivity (Wildman–Crippen MR) is 101 cm³/mol. The predicted octanol–water partition coefficient (Wildman–Crippen LogP) is 4.00. The molecule has 0 bridgehead atoms. The Balaban J connectivity index is 2.18. The van der Waals surface area contributed by atoms with Crippen molar-refractivity contribution in [2.24, 2.45) is 0 Å². The summed E-state index contributed by atoms with van der Waals surface area (Å²) in [5, 5.41) is 13.5. The molecule has 0 aliphatic rings. The molecule has 2 aromatic carbocycles. The van der Waals surface area contributed by atoms with Crippen molar-refractivity contribution in [3.8, 4) is 0 Å². The van der Waals surface area contributed by atoms with Crippen LogP contribution in [0.4, 0.5) is 16.2 Å². The van der Waals surface area contributed by atoms with E-state index in [1.807, 2.05) is 0 Å². The lowest BCUT2D eigenvalue weighted by molar-refractivity contribution is -0.384. The van der Waals surface area contributed by atoms with E-state index >= 15 is 0 Å². The van der Waals surface area contributed by atoms with Crippen LogP contribution >= 0.6 is 0 Å². The fourth-order valence-corrected chi connectivity index (χ4v) is 2.52. The van der Waals surface area contributed by atoms with E-state index in [0.29, 0.717) is 16.8 Å². The molecule has 2 rings (SSSR count). The van der Waals surface area contributed by atoms with E-state index in [9.17, 15) is 19.7 Å². The first-order valence-corrected chi connectivity index (χ1v) is 8.38. The molecule has 2 aromatic rings. The molecule has 1 atom stereocenters. The average molecular weight is 371 g/mol. The van der Waals surface area contributed by atoms with Crippen LogP contribution in [0.15, 0.2) is 48.5 Å². The Morgan fingerprint density at radius 2 is 1.93 bits per heavy atom. The average Bonchev–Trinajstić information content (AvgIpc) is 2.66. The molecule has 0 fully saturated rings. The van der Waals surface area contributed by atoms with Gasteiger partial charge in [-0.15, -0.1) is 0 Å². The number of nitro groups is 1. The molecular formula is C19H21N3O5. The number of nitrogens with one attached hydrogen (secondary N) is 1. The quantitative estimate of drug-likeness (QED) is 0.611. The third-order valence-electron chi connectivity index (χ3n) is 4.10. The zero-order valence-electron chi connectivity index (χ0n) is 15.3. The van der Waals surface area contributed by atoms with Gasteiger partial charge in [-0.2, -0.15) is 0 Å². The molecular weight excluding hydrogens is 350 g/mol. The summed E-state index contributed by atoms with van der Waals surface area (Å²) in [6.45, 7) is 3.73. The number of ether oxygens (including phenoxy) is 1. The summed E-state index contributed by atoms with van der Waals surface area (Å²) in [6, 6.07) is 12.3. The van der Waals surface area contributed by atoms with E-state index in [0.717, 1.165) is 0 Å². The molecule has 0 heterocycles. The monoisotopic (exact) mass is 371 g/mol. The van der Waals surface area contributed by atoms with Crippen molar-refractivity contribution in [1.29, 1.82) is 0 Å². The highest BCUT2D eigenvalue weighted by Crippen LogP contribution is 2.24. The Morgan fingerprint density at radius 3 is 2.59 bits per heavy atom. The van der Waals surface area contributed by atoms with Gasteiger partial charge in [-0.05, 0) is 37.6 Å². The zero-order chi connectivity index (χ0) is 20.0. The summed E-state index contributed by atoms with van der Waals surface area (Å²) < 4.78 is 4.82. The van der Waals surface area contributed by atoms with Crippen molar-refractivity contribution in [1.82, 2.24) is 4.90 Å². The molecule has 2 amide bonds. The van der Waals surface area contributed by atoms with Crippen molar-refractivity contribution in [3.05, 3.63) is 69.8 Å². The van der Waals surface area contributed by atoms with Gasteiger partial charge in [-0.1, -0.05) is 18.2 Å². The minimum Gasteiger partial charge on any atom is -0.450 e. The lowest BCUT2D eigenvalue weighted by atomic mass is 10.1. The van der Waals surface area contributed by atoms with Crippen molar-refractivity contribution >= 4 is 23.4 Å². The van der Waals surface area contributed by atoms with Gasteiger partial charge in [0.05, 0.1) is 17.6 Å². The number of carbonyl (C=O) groups is 2. The number of carbonyl (C=O) groups excluding carboxylic acids is 2. The molecule has 0 saturated carbocycles. The Hall–Kier alpha value is -3.42. The lowest BCUT2D eigenvalue weighted by Crippen LogP contribution is -2.29. The number of rotatable bonds is 6. The Morgan fingerprint density at radius 1 is 1.22 bits per heavy atom. The first kappa shape index (κ1) is 19.9. The summed E-state index contributed by atoms with van der Waals surface area (Å²) in [6.07, 6.45) is -0.597. The van der Waals surface area contributed by atoms with Crippen LogP contribution in [0.3, 0.4) is 0 Å². The molecule has 27 heavy (non-hydrogen) atoms. The number of anilines is 1. The molecule has 0 radical (unpaired) electrons. The highest BCUT2D eigenvalue weighted by Gasteiger charge is 2.21. The second kappa shape index (κ2) is 8.79. The summed E-state index contributed by atoms with van der Waals surface area (Å²) in [5.41, 5.74) is 1.45. The smallest absolute Gasteiger partial charge is 0.411 e. The normalized spacial score (nSPS) is 11.4. The summed E-state index contributed by atoms with van der Waals surface area (Å²) >= 11 is 0. The summed E-state index contributed by atoms with van der Waals surface area (Å²) in [4.78, 5) is 36.3. The fourth-order valence-electron chi connectivity index (χ4n) is 2.52. The fraction of sp³-hybridized carbons (Fsp3) is 0.263. The molecule has 8 nitrogen and oxygen atoms in total. The first-order chi connectivity index (χ1) is 12.8. The van der Waals surface area contributed by atoms with E-state index in [2.05, 4.69) is 5.32 Å². The van der Waals surface area contributed by atoms with Crippen LogP contribution in [0.2, 0.25) is 0 Å². The Labute approximate surface area is 156 Å². The highest BCUT2D eigenvalue weighted by molar-refractivity contribution is 5.96. The number of hydrogen-bond acceptors (Lipinski definition) is 5. The molecule has 0 aliphatic heterocycles. The van der Waals surface area contributed by atoms with E-state index in [1.165, 1.54) is 17.0 Å². The third kappa shape index (κ3) is 5.04.